The van der Waals surface area contributed by atoms with E-state index in [4.69, 9.17) is 0 Å². The number of benzene rings is 1. The molecule has 366 valence electrons. The molecular formula is C45H69N9O10S2. The maximum absolute atomic E-state index is 14.5. The fraction of sp³-hybridized carbons (Fsp3) is 0.667. The molecule has 8 unspecified atom stereocenters. The maximum Gasteiger partial charge on any atom is 0.245 e. The van der Waals surface area contributed by atoms with E-state index in [2.05, 4.69) is 37.2 Å². The van der Waals surface area contributed by atoms with Crippen molar-refractivity contribution in [3.05, 3.63) is 29.8 Å². The summed E-state index contributed by atoms with van der Waals surface area (Å²) >= 11 is 2.92. The molecule has 0 aliphatic carbocycles. The summed E-state index contributed by atoms with van der Waals surface area (Å²) in [6, 6.07) is -1.44. The van der Waals surface area contributed by atoms with E-state index in [0.717, 1.165) is 0 Å². The molecule has 3 heterocycles. The van der Waals surface area contributed by atoms with Crippen LogP contribution in [0.2, 0.25) is 0 Å². The number of hydrogen-bond acceptors (Lipinski definition) is 12. The van der Waals surface area contributed by atoms with E-state index in [0.29, 0.717) is 49.2 Å². The van der Waals surface area contributed by atoms with Crippen LogP contribution in [0.15, 0.2) is 24.3 Å². The Morgan fingerprint density at radius 1 is 0.621 bits per heavy atom. The fourth-order valence-corrected chi connectivity index (χ4v) is 9.27. The maximum atomic E-state index is 14.5. The molecule has 3 saturated heterocycles. The van der Waals surface area contributed by atoms with E-state index in [-0.39, 0.29) is 50.4 Å². The van der Waals surface area contributed by atoms with Gasteiger partial charge in [0, 0.05) is 19.5 Å². The largest absolute Gasteiger partial charge is 0.508 e. The Labute approximate surface area is 396 Å². The number of hydrogen-bond donors (Lipinski definition) is 8. The minimum Gasteiger partial charge on any atom is -0.508 e. The molecule has 3 aliphatic rings. The van der Waals surface area contributed by atoms with E-state index < -0.39 is 114 Å². The first kappa shape index (κ1) is 53.6. The molecule has 21 heteroatoms. The summed E-state index contributed by atoms with van der Waals surface area (Å²) in [5, 5.41) is 29.0. The zero-order valence-corrected chi connectivity index (χ0v) is 40.6. The summed E-state index contributed by atoms with van der Waals surface area (Å²) in [4.78, 5) is 128. The highest BCUT2D eigenvalue weighted by Gasteiger charge is 2.42. The molecule has 19 nitrogen and oxygen atoms in total. The van der Waals surface area contributed by atoms with Gasteiger partial charge >= 0.3 is 0 Å². The van der Waals surface area contributed by atoms with Gasteiger partial charge in [0.2, 0.25) is 53.2 Å². The van der Waals surface area contributed by atoms with Gasteiger partial charge in [-0.25, -0.2) is 0 Å². The lowest BCUT2D eigenvalue weighted by molar-refractivity contribution is -0.144. The lowest BCUT2D eigenvalue weighted by atomic mass is 9.96. The van der Waals surface area contributed by atoms with Crippen molar-refractivity contribution in [2.24, 2.45) is 11.8 Å². The molecule has 4 rings (SSSR count). The lowest BCUT2D eigenvalue weighted by Gasteiger charge is -2.32. The second kappa shape index (κ2) is 26.3. The van der Waals surface area contributed by atoms with E-state index in [1.54, 1.807) is 19.1 Å². The molecule has 0 saturated carbocycles. The van der Waals surface area contributed by atoms with Gasteiger partial charge in [-0.2, -0.15) is 23.5 Å². The number of phenols is 1. The normalized spacial score (nSPS) is 26.5. The van der Waals surface area contributed by atoms with Crippen LogP contribution in [0.25, 0.3) is 0 Å². The van der Waals surface area contributed by atoms with Crippen LogP contribution in [0.1, 0.15) is 84.6 Å². The van der Waals surface area contributed by atoms with Crippen LogP contribution in [-0.2, 0) is 49.6 Å². The van der Waals surface area contributed by atoms with Gasteiger partial charge in [0.15, 0.2) is 0 Å². The molecule has 0 aromatic heterocycles. The van der Waals surface area contributed by atoms with Crippen molar-refractivity contribution in [2.45, 2.75) is 128 Å². The molecule has 1 aromatic rings. The highest BCUT2D eigenvalue weighted by atomic mass is 32.2. The van der Waals surface area contributed by atoms with Crippen LogP contribution in [0, 0.1) is 11.8 Å². The number of rotatable bonds is 12. The molecule has 8 atom stereocenters. The molecule has 1 aromatic carbocycles. The number of fused-ring (bicyclic) bond motifs is 2. The molecular weight excluding hydrogens is 891 g/mol. The third kappa shape index (κ3) is 15.5. The number of aromatic hydroxyl groups is 1. The van der Waals surface area contributed by atoms with Crippen molar-refractivity contribution in [1.82, 2.24) is 47.0 Å². The third-order valence-electron chi connectivity index (χ3n) is 12.2. The van der Waals surface area contributed by atoms with Gasteiger partial charge in [0.1, 0.15) is 48.0 Å². The second-order valence-corrected chi connectivity index (χ2v) is 19.6. The highest BCUT2D eigenvalue weighted by Crippen LogP contribution is 2.24. The van der Waals surface area contributed by atoms with Crippen molar-refractivity contribution < 1.29 is 48.3 Å². The average Bonchev–Trinajstić information content (AvgIpc) is 4.00. The van der Waals surface area contributed by atoms with Gasteiger partial charge in [-0.3, -0.25) is 43.2 Å². The van der Waals surface area contributed by atoms with Gasteiger partial charge in [-0.05, 0) is 98.5 Å². The summed E-state index contributed by atoms with van der Waals surface area (Å²) < 4.78 is 0. The molecule has 0 radical (unpaired) electrons. The molecule has 8 N–H and O–H groups in total. The van der Waals surface area contributed by atoms with Crippen molar-refractivity contribution in [1.29, 1.82) is 0 Å². The van der Waals surface area contributed by atoms with Gasteiger partial charge < -0.3 is 52.1 Å². The van der Waals surface area contributed by atoms with Crippen molar-refractivity contribution in [3.63, 3.8) is 0 Å². The number of amides is 9. The number of nitrogens with zero attached hydrogens (tertiary/aromatic N) is 2. The summed E-state index contributed by atoms with van der Waals surface area (Å²) in [5.74, 6) is -5.07. The second-order valence-electron chi connectivity index (χ2n) is 17.6. The summed E-state index contributed by atoms with van der Waals surface area (Å²) in [7, 11) is 0. The number of carbonyl (C=O) groups excluding carboxylic acids is 9. The molecule has 0 bridgehead atoms. The first-order valence-corrected chi connectivity index (χ1v) is 25.7. The van der Waals surface area contributed by atoms with Crippen LogP contribution in [0.3, 0.4) is 0 Å². The minimum atomic E-state index is -1.27. The molecule has 3 aliphatic heterocycles. The van der Waals surface area contributed by atoms with Gasteiger partial charge in [0.25, 0.3) is 0 Å². The Bertz CT molecular complexity index is 1890. The standard InChI is InChI=1S/C45H69N9O10S2/c1-7-27(4)38-43(62)50-32(23-28-12-14-29(55)15-13-28)40(59)51-33(22-26(2)3)45(64)54-19-9-11-35(54)42(61)49-31(17-21-66-6)44(63)53-18-8-10-34(53)41(60)47-24-36(56)48-30(16-20-65-5)39(58)46-25-37(57)52-38/h12-15,26-27,30-35,38,55H,7-11,16-25H2,1-6H3,(H,46,58)(H,47,60)(H,48,56)(H,49,61)(H,50,62)(H,51,59)(H,52,57). The first-order valence-electron chi connectivity index (χ1n) is 22.9. The van der Waals surface area contributed by atoms with Crippen LogP contribution >= 0.6 is 23.5 Å². The predicted molar refractivity (Wildman–Crippen MR) is 252 cm³/mol. The number of phenolic OH excluding ortho intramolecular Hbond substituents is 1. The topological polar surface area (TPSA) is 265 Å². The summed E-state index contributed by atoms with van der Waals surface area (Å²) in [5.41, 5.74) is 0.576. The first-order chi connectivity index (χ1) is 31.5. The van der Waals surface area contributed by atoms with Gasteiger partial charge in [-0.15, -0.1) is 0 Å². The molecule has 9 amide bonds. The van der Waals surface area contributed by atoms with Crippen molar-refractivity contribution in [3.8, 4) is 5.75 Å². The third-order valence-corrected chi connectivity index (χ3v) is 13.4. The monoisotopic (exact) mass is 959 g/mol. The van der Waals surface area contributed by atoms with E-state index in [9.17, 15) is 48.3 Å². The SMILES string of the molecule is CCC(C)C1NC(=O)CNC(=O)C(CCSC)NC(=O)CNC(=O)C2CCCN2C(=O)C(CCSC)NC(=O)C2CCCN2C(=O)C(CC(C)C)NC(=O)C(Cc2ccc(O)cc2)NC1=O. The van der Waals surface area contributed by atoms with Crippen LogP contribution in [-0.4, -0.2) is 161 Å². The zero-order chi connectivity index (χ0) is 48.5. The Hall–Kier alpha value is -5.05. The van der Waals surface area contributed by atoms with E-state index in [1.807, 2.05) is 33.3 Å². The predicted octanol–water partition coefficient (Wildman–Crippen LogP) is 0.185. The highest BCUT2D eigenvalue weighted by molar-refractivity contribution is 7.98. The Morgan fingerprint density at radius 2 is 1.14 bits per heavy atom. The Balaban J connectivity index is 1.72. The quantitative estimate of drug-likeness (QED) is 0.140. The van der Waals surface area contributed by atoms with Gasteiger partial charge in [0.05, 0.1) is 13.1 Å². The number of nitrogens with one attached hydrogen (secondary N) is 7. The van der Waals surface area contributed by atoms with Crippen molar-refractivity contribution in [2.75, 3.05) is 50.2 Å². The van der Waals surface area contributed by atoms with E-state index >= 15 is 0 Å². The average molecular weight is 960 g/mol. The Morgan fingerprint density at radius 3 is 1.71 bits per heavy atom. The van der Waals surface area contributed by atoms with Crippen LogP contribution in [0.4, 0.5) is 0 Å². The lowest BCUT2D eigenvalue weighted by Crippen LogP contribution is -2.60. The van der Waals surface area contributed by atoms with Crippen LogP contribution < -0.4 is 37.2 Å². The number of thioether (sulfide) groups is 2. The molecule has 3 fully saturated rings. The fourth-order valence-electron chi connectivity index (χ4n) is 8.32. The zero-order valence-electron chi connectivity index (χ0n) is 38.9. The Kier molecular flexibility index (Phi) is 21.4. The smallest absolute Gasteiger partial charge is 0.245 e. The van der Waals surface area contributed by atoms with Gasteiger partial charge in [-0.1, -0.05) is 46.2 Å². The van der Waals surface area contributed by atoms with Crippen LogP contribution in [0.5, 0.6) is 5.75 Å². The van der Waals surface area contributed by atoms with Crippen molar-refractivity contribution >= 4 is 76.7 Å². The summed E-state index contributed by atoms with van der Waals surface area (Å²) in [6.07, 6.45) is 6.36. The summed E-state index contributed by atoms with van der Waals surface area (Å²) in [6.45, 7) is 6.77. The van der Waals surface area contributed by atoms with E-state index in [1.165, 1.54) is 45.5 Å². The minimum absolute atomic E-state index is 0.00816. The molecule has 0 spiro atoms. The number of carbonyl (C=O) groups is 9. The molecule has 66 heavy (non-hydrogen) atoms.